The maximum atomic E-state index is 7.17. The molecule has 0 amide bonds. The average Bonchev–Trinajstić information content (AvgIpc) is 2.16. The van der Waals surface area contributed by atoms with Gasteiger partial charge in [-0.3, -0.25) is 0 Å². The lowest BCUT2D eigenvalue weighted by Crippen LogP contribution is -1.96. The molecule has 13 heavy (non-hydrogen) atoms. The summed E-state index contributed by atoms with van der Waals surface area (Å²) >= 11 is 0. The molecule has 0 radical (unpaired) electrons. The molecule has 1 aromatic rings. The Bertz CT molecular complexity index is 300. The van der Waals surface area contributed by atoms with Crippen molar-refractivity contribution in [2.24, 2.45) is 0 Å². The van der Waals surface area contributed by atoms with Gasteiger partial charge in [-0.1, -0.05) is 32.9 Å². The Morgan fingerprint density at radius 1 is 1.38 bits per heavy atom. The second-order valence-electron chi connectivity index (χ2n) is 3.61. The van der Waals surface area contributed by atoms with Crippen LogP contribution in [-0.2, 0) is 6.42 Å². The fourth-order valence-corrected chi connectivity index (χ4v) is 1.58. The Labute approximate surface area is 80.3 Å². The number of rotatable bonds is 3. The largest absolute Gasteiger partial charge is 0.308 e. The molecule has 0 saturated heterocycles. The van der Waals surface area contributed by atoms with Gasteiger partial charge in [-0.25, -0.2) is 0 Å². The molecule has 0 spiro atoms. The molecule has 0 aromatic heterocycles. The lowest BCUT2D eigenvalue weighted by molar-refractivity contribution is 0.844. The zero-order chi connectivity index (χ0) is 9.84. The topological polar surface area (TPSA) is 23.9 Å². The number of aryl methyl sites for hydroxylation is 1. The first kappa shape index (κ1) is 9.97. The molecule has 0 bridgehead atoms. The van der Waals surface area contributed by atoms with Crippen LogP contribution in [0.4, 0.5) is 0 Å². The first-order chi connectivity index (χ1) is 6.19. The molecule has 0 unspecified atom stereocenters. The fourth-order valence-electron chi connectivity index (χ4n) is 1.58. The van der Waals surface area contributed by atoms with Crippen LogP contribution < -0.4 is 0 Å². The third kappa shape index (κ3) is 2.18. The van der Waals surface area contributed by atoms with E-state index in [2.05, 4.69) is 32.9 Å². The van der Waals surface area contributed by atoms with Gasteiger partial charge < -0.3 is 5.41 Å². The summed E-state index contributed by atoms with van der Waals surface area (Å²) in [6.45, 7) is 6.58. The van der Waals surface area contributed by atoms with Gasteiger partial charge in [-0.05, 0) is 35.1 Å². The van der Waals surface area contributed by atoms with Gasteiger partial charge in [0.15, 0.2) is 0 Å². The highest BCUT2D eigenvalue weighted by Gasteiger charge is 2.04. The van der Waals surface area contributed by atoms with Gasteiger partial charge in [0.1, 0.15) is 0 Å². The van der Waals surface area contributed by atoms with Gasteiger partial charge in [0, 0.05) is 6.21 Å². The molecule has 1 aromatic carbocycles. The lowest BCUT2D eigenvalue weighted by atomic mass is 9.94. The zero-order valence-electron chi connectivity index (χ0n) is 8.59. The van der Waals surface area contributed by atoms with Crippen molar-refractivity contribution in [1.29, 1.82) is 5.41 Å². The highest BCUT2D eigenvalue weighted by atomic mass is 14.3. The van der Waals surface area contributed by atoms with E-state index in [0.717, 1.165) is 12.0 Å². The second kappa shape index (κ2) is 4.22. The monoisotopic (exact) mass is 175 g/mol. The van der Waals surface area contributed by atoms with Crippen molar-refractivity contribution in [1.82, 2.24) is 0 Å². The lowest BCUT2D eigenvalue weighted by Gasteiger charge is -2.11. The molecule has 0 aliphatic heterocycles. The number of nitrogens with one attached hydrogen (secondary N) is 1. The van der Waals surface area contributed by atoms with E-state index in [-0.39, 0.29) is 0 Å². The highest BCUT2D eigenvalue weighted by Crippen LogP contribution is 2.20. The molecule has 0 aliphatic carbocycles. The Morgan fingerprint density at radius 2 is 2.08 bits per heavy atom. The van der Waals surface area contributed by atoms with Crippen LogP contribution in [0.2, 0.25) is 0 Å². The van der Waals surface area contributed by atoms with E-state index in [1.165, 1.54) is 17.3 Å². The summed E-state index contributed by atoms with van der Waals surface area (Å²) in [5.74, 6) is 0.578. The normalized spacial score (nSPS) is 10.5. The van der Waals surface area contributed by atoms with Crippen LogP contribution in [0, 0.1) is 5.41 Å². The summed E-state index contributed by atoms with van der Waals surface area (Å²) in [4.78, 5) is 0. The number of hydrogen-bond donors (Lipinski definition) is 1. The summed E-state index contributed by atoms with van der Waals surface area (Å²) in [6, 6.07) is 6.27. The van der Waals surface area contributed by atoms with E-state index >= 15 is 0 Å². The molecule has 0 heterocycles. The maximum Gasteiger partial charge on any atom is 0.0250 e. The van der Waals surface area contributed by atoms with Crippen molar-refractivity contribution < 1.29 is 0 Å². The number of hydrogen-bond acceptors (Lipinski definition) is 1. The van der Waals surface area contributed by atoms with Gasteiger partial charge in [0.2, 0.25) is 0 Å². The summed E-state index contributed by atoms with van der Waals surface area (Å²) in [6.07, 6.45) is 2.46. The average molecular weight is 175 g/mol. The van der Waals surface area contributed by atoms with Crippen LogP contribution in [0.25, 0.3) is 0 Å². The van der Waals surface area contributed by atoms with Crippen molar-refractivity contribution in [3.05, 3.63) is 34.9 Å². The van der Waals surface area contributed by atoms with Gasteiger partial charge in [-0.2, -0.15) is 0 Å². The SMILES string of the molecule is CCc1cc(C=N)ccc1C(C)C. The summed E-state index contributed by atoms with van der Waals surface area (Å²) in [7, 11) is 0. The van der Waals surface area contributed by atoms with E-state index in [1.807, 2.05) is 6.07 Å². The predicted molar refractivity (Wildman–Crippen MR) is 57.8 cm³/mol. The van der Waals surface area contributed by atoms with Crippen LogP contribution >= 0.6 is 0 Å². The Balaban J connectivity index is 3.15. The first-order valence-corrected chi connectivity index (χ1v) is 4.82. The second-order valence-corrected chi connectivity index (χ2v) is 3.61. The van der Waals surface area contributed by atoms with Gasteiger partial charge in [0.25, 0.3) is 0 Å². The van der Waals surface area contributed by atoms with Crippen molar-refractivity contribution in [3.63, 3.8) is 0 Å². The quantitative estimate of drug-likeness (QED) is 0.681. The Morgan fingerprint density at radius 3 is 2.54 bits per heavy atom. The zero-order valence-corrected chi connectivity index (χ0v) is 8.59. The molecule has 1 nitrogen and oxygen atoms in total. The van der Waals surface area contributed by atoms with Crippen LogP contribution in [0.1, 0.15) is 43.4 Å². The van der Waals surface area contributed by atoms with Gasteiger partial charge >= 0.3 is 0 Å². The van der Waals surface area contributed by atoms with Crippen molar-refractivity contribution in [2.45, 2.75) is 33.1 Å². The Kier molecular flexibility index (Phi) is 3.24. The summed E-state index contributed by atoms with van der Waals surface area (Å²) in [5, 5.41) is 7.17. The third-order valence-corrected chi connectivity index (χ3v) is 2.34. The van der Waals surface area contributed by atoms with Crippen LogP contribution in [0.3, 0.4) is 0 Å². The van der Waals surface area contributed by atoms with Crippen molar-refractivity contribution in [3.8, 4) is 0 Å². The summed E-state index contributed by atoms with van der Waals surface area (Å²) < 4.78 is 0. The predicted octanol–water partition coefficient (Wildman–Crippen LogP) is 3.37. The summed E-state index contributed by atoms with van der Waals surface area (Å²) in [5.41, 5.74) is 3.78. The molecule has 1 heteroatoms. The van der Waals surface area contributed by atoms with Gasteiger partial charge in [0.05, 0.1) is 0 Å². The maximum absolute atomic E-state index is 7.17. The molecular formula is C12H17N. The molecule has 1 rings (SSSR count). The van der Waals surface area contributed by atoms with Crippen molar-refractivity contribution in [2.75, 3.05) is 0 Å². The van der Waals surface area contributed by atoms with E-state index in [4.69, 9.17) is 5.41 Å². The fraction of sp³-hybridized carbons (Fsp3) is 0.417. The van der Waals surface area contributed by atoms with E-state index in [0.29, 0.717) is 5.92 Å². The highest BCUT2D eigenvalue weighted by molar-refractivity contribution is 5.77. The molecule has 0 saturated carbocycles. The minimum atomic E-state index is 0.578. The van der Waals surface area contributed by atoms with E-state index in [1.54, 1.807) is 0 Å². The standard InChI is InChI=1S/C12H17N/c1-4-11-7-10(8-13)5-6-12(11)9(2)3/h5-9,13H,4H2,1-3H3. The van der Waals surface area contributed by atoms with Crippen LogP contribution in [-0.4, -0.2) is 6.21 Å². The molecule has 70 valence electrons. The molecule has 0 fully saturated rings. The van der Waals surface area contributed by atoms with E-state index < -0.39 is 0 Å². The molecule has 1 N–H and O–H groups in total. The Hall–Kier alpha value is -1.11. The van der Waals surface area contributed by atoms with E-state index in [9.17, 15) is 0 Å². The molecule has 0 atom stereocenters. The molecule has 0 aliphatic rings. The third-order valence-electron chi connectivity index (χ3n) is 2.34. The smallest absolute Gasteiger partial charge is 0.0250 e. The van der Waals surface area contributed by atoms with Crippen LogP contribution in [0.15, 0.2) is 18.2 Å². The minimum Gasteiger partial charge on any atom is -0.308 e. The minimum absolute atomic E-state index is 0.578. The number of benzene rings is 1. The first-order valence-electron chi connectivity index (χ1n) is 4.82. The molecular weight excluding hydrogens is 158 g/mol. The van der Waals surface area contributed by atoms with Gasteiger partial charge in [-0.15, -0.1) is 0 Å². The van der Waals surface area contributed by atoms with Crippen LogP contribution in [0.5, 0.6) is 0 Å². The van der Waals surface area contributed by atoms with Crippen molar-refractivity contribution >= 4 is 6.21 Å².